The van der Waals surface area contributed by atoms with Gasteiger partial charge in [0.2, 0.25) is 17.7 Å². The lowest BCUT2D eigenvalue weighted by Gasteiger charge is -2.28. The molecule has 0 aliphatic heterocycles. The maximum absolute atomic E-state index is 12.5. The van der Waals surface area contributed by atoms with Crippen LogP contribution in [0, 0.1) is 5.92 Å². The van der Waals surface area contributed by atoms with Crippen molar-refractivity contribution >= 4 is 36.3 Å². The van der Waals surface area contributed by atoms with Gasteiger partial charge >= 0.3 is 5.97 Å². The summed E-state index contributed by atoms with van der Waals surface area (Å²) in [6, 6.07) is -5.13. The molecule has 0 aliphatic carbocycles. The van der Waals surface area contributed by atoms with Crippen molar-refractivity contribution < 1.29 is 34.5 Å². The van der Waals surface area contributed by atoms with E-state index in [0.717, 1.165) is 0 Å². The van der Waals surface area contributed by atoms with Gasteiger partial charge in [-0.15, -0.1) is 0 Å². The number of carbonyl (C=O) groups is 4. The van der Waals surface area contributed by atoms with E-state index in [2.05, 4.69) is 28.6 Å². The largest absolute Gasteiger partial charge is 0.480 e. The Bertz CT molecular complexity index is 571. The predicted molar refractivity (Wildman–Crippen MR) is 103 cm³/mol. The third kappa shape index (κ3) is 8.00. The maximum Gasteiger partial charge on any atom is 0.328 e. The van der Waals surface area contributed by atoms with Gasteiger partial charge in [0.05, 0.1) is 18.2 Å². The van der Waals surface area contributed by atoms with E-state index >= 15 is 0 Å². The molecule has 28 heavy (non-hydrogen) atoms. The summed E-state index contributed by atoms with van der Waals surface area (Å²) in [6.45, 7) is 5.69. The number of hydrogen-bond donors (Lipinski definition) is 8. The minimum absolute atomic E-state index is 0.0208. The van der Waals surface area contributed by atoms with Crippen LogP contribution < -0.4 is 21.7 Å². The molecule has 3 amide bonds. The molecule has 0 saturated carbocycles. The maximum atomic E-state index is 12.5. The summed E-state index contributed by atoms with van der Waals surface area (Å²) in [4.78, 5) is 48.0. The van der Waals surface area contributed by atoms with Gasteiger partial charge in [-0.1, -0.05) is 13.8 Å². The smallest absolute Gasteiger partial charge is 0.328 e. The summed E-state index contributed by atoms with van der Waals surface area (Å²) in [7, 11) is 0. The van der Waals surface area contributed by atoms with Crippen molar-refractivity contribution in [2.24, 2.45) is 11.7 Å². The zero-order valence-corrected chi connectivity index (χ0v) is 17.1. The van der Waals surface area contributed by atoms with Gasteiger partial charge in [0.15, 0.2) is 6.04 Å². The van der Waals surface area contributed by atoms with Gasteiger partial charge in [-0.25, -0.2) is 4.79 Å². The quantitative estimate of drug-likeness (QED) is 0.164. The molecule has 0 heterocycles. The Kier molecular flexibility index (Phi) is 11.0. The van der Waals surface area contributed by atoms with Crippen molar-refractivity contribution in [2.45, 2.75) is 64.1 Å². The van der Waals surface area contributed by atoms with Gasteiger partial charge in [-0.2, -0.15) is 12.6 Å². The zero-order valence-electron chi connectivity index (χ0n) is 16.2. The van der Waals surface area contributed by atoms with E-state index in [-0.39, 0.29) is 5.75 Å². The van der Waals surface area contributed by atoms with Crippen LogP contribution in [0.4, 0.5) is 0 Å². The number of hydrogen-bond acceptors (Lipinski definition) is 8. The highest BCUT2D eigenvalue weighted by Crippen LogP contribution is 2.06. The fourth-order valence-corrected chi connectivity index (χ4v) is 2.32. The Morgan fingerprint density at radius 1 is 0.821 bits per heavy atom. The molecule has 0 aromatic rings. The minimum Gasteiger partial charge on any atom is -0.480 e. The van der Waals surface area contributed by atoms with Crippen LogP contribution in [0.3, 0.4) is 0 Å². The molecule has 0 aliphatic rings. The van der Waals surface area contributed by atoms with Crippen LogP contribution >= 0.6 is 12.6 Å². The van der Waals surface area contributed by atoms with Crippen molar-refractivity contribution in [3.63, 3.8) is 0 Å². The zero-order chi connectivity index (χ0) is 22.2. The van der Waals surface area contributed by atoms with E-state index < -0.39 is 66.0 Å². The van der Waals surface area contributed by atoms with Gasteiger partial charge in [0.25, 0.3) is 0 Å². The van der Waals surface area contributed by atoms with E-state index in [9.17, 15) is 29.4 Å². The molecule has 0 fully saturated rings. The highest BCUT2D eigenvalue weighted by atomic mass is 32.1. The van der Waals surface area contributed by atoms with E-state index in [1.807, 2.05) is 0 Å². The van der Waals surface area contributed by atoms with Crippen LogP contribution in [-0.2, 0) is 19.2 Å². The van der Waals surface area contributed by atoms with E-state index in [1.54, 1.807) is 13.8 Å². The number of carboxylic acid groups (broad SMARTS) is 1. The number of carboxylic acids is 1. The summed E-state index contributed by atoms with van der Waals surface area (Å²) in [5.74, 6) is -4.27. The Balaban J connectivity index is 5.32. The summed E-state index contributed by atoms with van der Waals surface area (Å²) < 4.78 is 0. The summed E-state index contributed by atoms with van der Waals surface area (Å²) in [5, 5.41) is 35.2. The number of carbonyl (C=O) groups excluding carboxylic acids is 3. The standard InChI is InChI=1S/C16H30N4O7S/c1-6(2)10(14(24)20-12(8(4)22)16(26)27)18-15(25)11(7(3)21)19-13(23)9(17)5-28/h6-12,21-22,28H,5,17H2,1-4H3,(H,18,25)(H,19,23)(H,20,24)(H,26,27). The first-order chi connectivity index (χ1) is 12.8. The first-order valence-electron chi connectivity index (χ1n) is 8.69. The van der Waals surface area contributed by atoms with Crippen molar-refractivity contribution in [3.8, 4) is 0 Å². The van der Waals surface area contributed by atoms with Gasteiger partial charge in [-0.3, -0.25) is 14.4 Å². The number of aliphatic hydroxyl groups is 2. The Morgan fingerprint density at radius 3 is 1.57 bits per heavy atom. The van der Waals surface area contributed by atoms with Crippen LogP contribution in [0.25, 0.3) is 0 Å². The first kappa shape index (κ1) is 26.1. The van der Waals surface area contributed by atoms with Crippen LogP contribution in [0.2, 0.25) is 0 Å². The lowest BCUT2D eigenvalue weighted by Crippen LogP contribution is -2.61. The van der Waals surface area contributed by atoms with Gasteiger partial charge in [-0.05, 0) is 19.8 Å². The molecule has 0 saturated heterocycles. The average Bonchev–Trinajstić information content (AvgIpc) is 2.59. The van der Waals surface area contributed by atoms with Crippen LogP contribution in [0.5, 0.6) is 0 Å². The monoisotopic (exact) mass is 422 g/mol. The highest BCUT2D eigenvalue weighted by molar-refractivity contribution is 7.80. The molecule has 0 radical (unpaired) electrons. The molecule has 0 bridgehead atoms. The number of nitrogens with two attached hydrogens (primary N) is 1. The molecule has 6 unspecified atom stereocenters. The lowest BCUT2D eigenvalue weighted by atomic mass is 10.0. The Morgan fingerprint density at radius 2 is 1.21 bits per heavy atom. The first-order valence-corrected chi connectivity index (χ1v) is 9.33. The fourth-order valence-electron chi connectivity index (χ4n) is 2.16. The molecule has 8 N–H and O–H groups in total. The summed E-state index contributed by atoms with van der Waals surface area (Å²) in [5.41, 5.74) is 5.53. The van der Waals surface area contributed by atoms with Gasteiger partial charge in [0, 0.05) is 5.75 Å². The summed E-state index contributed by atoms with van der Waals surface area (Å²) in [6.07, 6.45) is -2.66. The number of thiol groups is 1. The number of aliphatic carboxylic acids is 1. The third-order valence-electron chi connectivity index (χ3n) is 3.89. The topological polar surface area (TPSA) is 191 Å². The second kappa shape index (κ2) is 11.8. The molecule has 12 heteroatoms. The van der Waals surface area contributed by atoms with Crippen molar-refractivity contribution in [2.75, 3.05) is 5.75 Å². The number of aliphatic hydroxyl groups excluding tert-OH is 2. The molecule has 0 rings (SSSR count). The minimum atomic E-state index is -1.56. The normalized spacial score (nSPS) is 17.6. The molecule has 0 spiro atoms. The third-order valence-corrected chi connectivity index (χ3v) is 4.28. The van der Waals surface area contributed by atoms with Gasteiger partial charge in [0.1, 0.15) is 12.1 Å². The van der Waals surface area contributed by atoms with Crippen molar-refractivity contribution in [1.82, 2.24) is 16.0 Å². The van der Waals surface area contributed by atoms with Crippen LogP contribution in [0.15, 0.2) is 0 Å². The van der Waals surface area contributed by atoms with Crippen LogP contribution in [-0.4, -0.2) is 81.1 Å². The second-order valence-electron chi connectivity index (χ2n) is 6.81. The van der Waals surface area contributed by atoms with Crippen molar-refractivity contribution in [3.05, 3.63) is 0 Å². The molecular formula is C16H30N4O7S. The van der Waals surface area contributed by atoms with Crippen molar-refractivity contribution in [1.29, 1.82) is 0 Å². The number of rotatable bonds is 11. The molecule has 162 valence electrons. The molecule has 0 aromatic carbocycles. The second-order valence-corrected chi connectivity index (χ2v) is 7.18. The molecule has 0 aromatic heterocycles. The predicted octanol–water partition coefficient (Wildman–Crippen LogP) is -2.80. The van der Waals surface area contributed by atoms with E-state index in [0.29, 0.717) is 0 Å². The molecule has 6 atom stereocenters. The van der Waals surface area contributed by atoms with Gasteiger partial charge < -0.3 is 37.0 Å². The number of amides is 3. The Hall–Kier alpha value is -1.89. The summed E-state index contributed by atoms with van der Waals surface area (Å²) >= 11 is 3.88. The Labute approximate surface area is 168 Å². The van der Waals surface area contributed by atoms with E-state index in [4.69, 9.17) is 10.8 Å². The number of nitrogens with one attached hydrogen (secondary N) is 3. The lowest BCUT2D eigenvalue weighted by molar-refractivity contribution is -0.145. The fraction of sp³-hybridized carbons (Fsp3) is 0.750. The average molecular weight is 423 g/mol. The highest BCUT2D eigenvalue weighted by Gasteiger charge is 2.34. The SMILES string of the molecule is CC(C)C(NC(=O)C(NC(=O)C(N)CS)C(C)O)C(=O)NC(C(=O)O)C(C)O. The molecule has 11 nitrogen and oxygen atoms in total. The molecular weight excluding hydrogens is 392 g/mol. The van der Waals surface area contributed by atoms with Crippen LogP contribution in [0.1, 0.15) is 27.7 Å². The van der Waals surface area contributed by atoms with E-state index in [1.165, 1.54) is 13.8 Å².